The third kappa shape index (κ3) is 4.81. The van der Waals surface area contributed by atoms with Gasteiger partial charge in [-0.25, -0.2) is 8.78 Å². The summed E-state index contributed by atoms with van der Waals surface area (Å²) in [5.41, 5.74) is -0.150. The van der Waals surface area contributed by atoms with Gasteiger partial charge in [-0.1, -0.05) is 33.6 Å². The smallest absolute Gasteiger partial charge is 0.127 e. The van der Waals surface area contributed by atoms with E-state index in [0.29, 0.717) is 11.6 Å². The predicted octanol–water partition coefficient (Wildman–Crippen LogP) is 3.85. The van der Waals surface area contributed by atoms with E-state index in [0.717, 1.165) is 45.2 Å². The monoisotopic (exact) mass is 368 g/mol. The molecule has 1 saturated heterocycles. The molecule has 1 aromatic carbocycles. The number of likely N-dealkylation sites (N-methyl/N-ethyl adjacent to an activating group) is 1. The van der Waals surface area contributed by atoms with E-state index >= 15 is 0 Å². The van der Waals surface area contributed by atoms with Gasteiger partial charge in [0.25, 0.3) is 0 Å². The minimum atomic E-state index is -0.475. The average molecular weight is 369 g/mol. The summed E-state index contributed by atoms with van der Waals surface area (Å²) in [5, 5.41) is 12.8. The molecular weight excluding hydrogens is 334 g/mol. The van der Waals surface area contributed by atoms with Crippen LogP contribution in [-0.2, 0) is 5.41 Å². The lowest BCUT2D eigenvalue weighted by Crippen LogP contribution is -2.71. The first-order chi connectivity index (χ1) is 12.3. The number of hydrogen-bond acceptors (Lipinski definition) is 3. The van der Waals surface area contributed by atoms with E-state index in [4.69, 9.17) is 0 Å². The highest BCUT2D eigenvalue weighted by molar-refractivity contribution is 5.28. The zero-order valence-corrected chi connectivity index (χ0v) is 16.6. The van der Waals surface area contributed by atoms with Crippen molar-refractivity contribution in [3.05, 3.63) is 35.4 Å². The van der Waals surface area contributed by atoms with E-state index in [1.54, 1.807) is 0 Å². The number of nitrogens with one attached hydrogen (secondary N) is 1. The number of nitrogens with zero attached hydrogens (tertiary/aromatic N) is 1. The number of aliphatic hydroxyl groups is 1. The number of unbranched alkanes of at least 4 members (excludes halogenated alkanes) is 1. The fourth-order valence-corrected chi connectivity index (χ4v) is 4.40. The van der Waals surface area contributed by atoms with Crippen LogP contribution in [0.5, 0.6) is 0 Å². The molecule has 0 saturated carbocycles. The van der Waals surface area contributed by atoms with Crippen LogP contribution in [0.15, 0.2) is 18.2 Å². The predicted molar refractivity (Wildman–Crippen MR) is 102 cm³/mol. The topological polar surface area (TPSA) is 35.5 Å². The third-order valence-corrected chi connectivity index (χ3v) is 5.85. The van der Waals surface area contributed by atoms with Crippen LogP contribution < -0.4 is 5.32 Å². The van der Waals surface area contributed by atoms with Crippen molar-refractivity contribution in [2.75, 3.05) is 26.7 Å². The maximum Gasteiger partial charge on any atom is 0.127 e. The van der Waals surface area contributed by atoms with Gasteiger partial charge in [0.1, 0.15) is 11.6 Å². The van der Waals surface area contributed by atoms with Crippen LogP contribution in [0, 0.1) is 11.6 Å². The van der Waals surface area contributed by atoms with Gasteiger partial charge in [0.15, 0.2) is 0 Å². The second kappa shape index (κ2) is 8.77. The van der Waals surface area contributed by atoms with Crippen LogP contribution in [0.2, 0.25) is 0 Å². The summed E-state index contributed by atoms with van der Waals surface area (Å²) >= 11 is 0. The van der Waals surface area contributed by atoms with Crippen LogP contribution in [0.4, 0.5) is 8.78 Å². The van der Waals surface area contributed by atoms with E-state index in [1.165, 1.54) is 18.2 Å². The summed E-state index contributed by atoms with van der Waals surface area (Å²) in [5.74, 6) is -0.745. The number of aliphatic hydroxyl groups excluding tert-OH is 1. The second-order valence-corrected chi connectivity index (χ2v) is 8.43. The Kier molecular flexibility index (Phi) is 7.17. The van der Waals surface area contributed by atoms with Crippen molar-refractivity contribution in [3.8, 4) is 0 Å². The third-order valence-electron chi connectivity index (χ3n) is 5.85. The lowest BCUT2D eigenvalue weighted by Gasteiger charge is -2.56. The van der Waals surface area contributed by atoms with Gasteiger partial charge in [0, 0.05) is 31.3 Å². The minimum absolute atomic E-state index is 0.109. The largest absolute Gasteiger partial charge is 0.396 e. The first kappa shape index (κ1) is 21.3. The summed E-state index contributed by atoms with van der Waals surface area (Å²) in [7, 11) is 1.95. The summed E-state index contributed by atoms with van der Waals surface area (Å²) in [6, 6.07) is 4.11. The van der Waals surface area contributed by atoms with Crippen molar-refractivity contribution in [2.24, 2.45) is 0 Å². The van der Waals surface area contributed by atoms with Crippen LogP contribution in [0.25, 0.3) is 0 Å². The van der Waals surface area contributed by atoms with Crippen LogP contribution in [-0.4, -0.2) is 48.3 Å². The molecule has 1 unspecified atom stereocenters. The van der Waals surface area contributed by atoms with Crippen LogP contribution in [0.3, 0.4) is 0 Å². The van der Waals surface area contributed by atoms with Gasteiger partial charge in [0.2, 0.25) is 0 Å². The molecule has 3 nitrogen and oxygen atoms in total. The molecule has 2 N–H and O–H groups in total. The number of benzene rings is 1. The molecule has 0 bridgehead atoms. The van der Waals surface area contributed by atoms with Gasteiger partial charge in [-0.2, -0.15) is 0 Å². The van der Waals surface area contributed by atoms with E-state index in [-0.39, 0.29) is 18.0 Å². The fourth-order valence-electron chi connectivity index (χ4n) is 4.40. The van der Waals surface area contributed by atoms with Gasteiger partial charge in [-0.05, 0) is 55.5 Å². The van der Waals surface area contributed by atoms with Crippen molar-refractivity contribution < 1.29 is 13.9 Å². The molecule has 1 aromatic rings. The Morgan fingerprint density at radius 1 is 1.27 bits per heavy atom. The first-order valence-corrected chi connectivity index (χ1v) is 9.76. The second-order valence-electron chi connectivity index (χ2n) is 8.43. The lowest BCUT2D eigenvalue weighted by molar-refractivity contribution is -0.0164. The van der Waals surface area contributed by atoms with Crippen molar-refractivity contribution in [2.45, 2.75) is 69.9 Å². The normalized spacial score (nSPS) is 18.6. The van der Waals surface area contributed by atoms with Gasteiger partial charge >= 0.3 is 0 Å². The Labute approximate surface area is 156 Å². The van der Waals surface area contributed by atoms with Crippen molar-refractivity contribution in [1.29, 1.82) is 0 Å². The molecule has 1 aliphatic rings. The SMILES string of the molecule is CCCCC(CCO)N1CC(CC(C)(C)c2cc(F)ccc2F)(NC)C1. The molecule has 0 amide bonds. The number of likely N-dealkylation sites (tertiary alicyclic amines) is 1. The minimum Gasteiger partial charge on any atom is -0.396 e. The highest BCUT2D eigenvalue weighted by Gasteiger charge is 2.47. The Balaban J connectivity index is 2.08. The Bertz CT molecular complexity index is 585. The number of halogens is 2. The summed E-state index contributed by atoms with van der Waals surface area (Å²) in [6.45, 7) is 8.10. The van der Waals surface area contributed by atoms with Crippen LogP contribution in [0.1, 0.15) is 58.4 Å². The van der Waals surface area contributed by atoms with E-state index in [1.807, 2.05) is 20.9 Å². The molecule has 26 heavy (non-hydrogen) atoms. The molecule has 0 aromatic heterocycles. The zero-order chi connectivity index (χ0) is 19.4. The lowest BCUT2D eigenvalue weighted by atomic mass is 9.70. The molecule has 1 aliphatic heterocycles. The quantitative estimate of drug-likeness (QED) is 0.658. The Morgan fingerprint density at radius 2 is 1.96 bits per heavy atom. The van der Waals surface area contributed by atoms with Gasteiger partial charge in [-0.15, -0.1) is 0 Å². The molecular formula is C21H34F2N2O. The van der Waals surface area contributed by atoms with Gasteiger partial charge in [0.05, 0.1) is 0 Å². The van der Waals surface area contributed by atoms with Gasteiger partial charge in [-0.3, -0.25) is 4.90 Å². The van der Waals surface area contributed by atoms with Gasteiger partial charge < -0.3 is 10.4 Å². The van der Waals surface area contributed by atoms with Crippen molar-refractivity contribution >= 4 is 0 Å². The molecule has 148 valence electrons. The van der Waals surface area contributed by atoms with E-state index in [2.05, 4.69) is 17.1 Å². The maximum absolute atomic E-state index is 14.3. The van der Waals surface area contributed by atoms with E-state index < -0.39 is 11.2 Å². The highest BCUT2D eigenvalue weighted by Crippen LogP contribution is 2.39. The summed E-state index contributed by atoms with van der Waals surface area (Å²) in [6.07, 6.45) is 4.93. The molecule has 5 heteroatoms. The summed E-state index contributed by atoms with van der Waals surface area (Å²) < 4.78 is 27.9. The van der Waals surface area contributed by atoms with Crippen molar-refractivity contribution in [3.63, 3.8) is 0 Å². The molecule has 2 rings (SSSR count). The molecule has 0 aliphatic carbocycles. The van der Waals surface area contributed by atoms with Crippen LogP contribution >= 0.6 is 0 Å². The first-order valence-electron chi connectivity index (χ1n) is 9.76. The molecule has 0 spiro atoms. The Morgan fingerprint density at radius 3 is 2.54 bits per heavy atom. The standard InChI is InChI=1S/C21H34F2N2O/c1-5-6-7-17(10-11-26)25-14-21(15-25,24-4)13-20(2,3)18-12-16(22)8-9-19(18)23/h8-9,12,17,24,26H,5-7,10-11,13-15H2,1-4H3. The zero-order valence-electron chi connectivity index (χ0n) is 16.6. The fraction of sp³-hybridized carbons (Fsp3) is 0.714. The van der Waals surface area contributed by atoms with E-state index in [9.17, 15) is 13.9 Å². The Hall–Kier alpha value is -1.04. The molecule has 0 radical (unpaired) electrons. The molecule has 1 atom stereocenters. The van der Waals surface area contributed by atoms with Crippen molar-refractivity contribution in [1.82, 2.24) is 10.2 Å². The highest BCUT2D eigenvalue weighted by atomic mass is 19.1. The average Bonchev–Trinajstić information content (AvgIpc) is 2.56. The maximum atomic E-state index is 14.3. The summed E-state index contributed by atoms with van der Waals surface area (Å²) in [4.78, 5) is 2.42. The number of rotatable bonds is 10. The molecule has 1 heterocycles. The number of hydrogen-bond donors (Lipinski definition) is 2. The molecule has 1 fully saturated rings.